The minimum absolute atomic E-state index is 0.00746. The lowest BCUT2D eigenvalue weighted by molar-refractivity contribution is 0.233. The van der Waals surface area contributed by atoms with Crippen LogP contribution in [0.25, 0.3) is 5.65 Å². The van der Waals surface area contributed by atoms with Crippen LogP contribution in [0.3, 0.4) is 0 Å². The van der Waals surface area contributed by atoms with Crippen molar-refractivity contribution in [1.82, 2.24) is 19.6 Å². The van der Waals surface area contributed by atoms with Crippen molar-refractivity contribution < 1.29 is 4.74 Å². The van der Waals surface area contributed by atoms with Gasteiger partial charge in [-0.25, -0.2) is 4.98 Å². The lowest BCUT2D eigenvalue weighted by Crippen LogP contribution is -2.24. The zero-order valence-electron chi connectivity index (χ0n) is 12.7. The average Bonchev–Trinajstić information content (AvgIpc) is 3.02. The van der Waals surface area contributed by atoms with E-state index >= 15 is 0 Å². The number of hydrogen-bond donors (Lipinski definition) is 1. The van der Waals surface area contributed by atoms with Crippen molar-refractivity contribution in [1.29, 1.82) is 0 Å². The maximum Gasteiger partial charge on any atom is 0.157 e. The van der Waals surface area contributed by atoms with Gasteiger partial charge in [0.05, 0.1) is 18.9 Å². The van der Waals surface area contributed by atoms with E-state index in [-0.39, 0.29) is 6.10 Å². The van der Waals surface area contributed by atoms with Crippen LogP contribution in [0.4, 0.5) is 5.82 Å². The number of ether oxygens (including phenoxy) is 1. The number of hydrogen-bond acceptors (Lipinski definition) is 5. The number of nitrogens with one attached hydrogen (secondary N) is 1. The van der Waals surface area contributed by atoms with Crippen molar-refractivity contribution in [3.63, 3.8) is 0 Å². The Labute approximate surface area is 129 Å². The third-order valence-electron chi connectivity index (χ3n) is 3.32. The molecule has 6 nitrogen and oxygen atoms in total. The third-order valence-corrected chi connectivity index (χ3v) is 3.32. The zero-order valence-corrected chi connectivity index (χ0v) is 12.7. The minimum Gasteiger partial charge on any atom is -0.487 e. The Morgan fingerprint density at radius 2 is 2.23 bits per heavy atom. The smallest absolute Gasteiger partial charge is 0.157 e. The SMILES string of the molecule is CCc1cc(NC[C@H](C)Oc2cccnc2)n2nccc2n1. The predicted molar refractivity (Wildman–Crippen MR) is 85.2 cm³/mol. The molecule has 3 rings (SSSR count). The van der Waals surface area contributed by atoms with Gasteiger partial charge in [0.2, 0.25) is 0 Å². The first-order valence-corrected chi connectivity index (χ1v) is 7.40. The van der Waals surface area contributed by atoms with Gasteiger partial charge in [0, 0.05) is 24.0 Å². The molecule has 0 saturated carbocycles. The van der Waals surface area contributed by atoms with Gasteiger partial charge in [-0.05, 0) is 25.5 Å². The van der Waals surface area contributed by atoms with E-state index in [1.54, 1.807) is 23.1 Å². The summed E-state index contributed by atoms with van der Waals surface area (Å²) in [7, 11) is 0. The van der Waals surface area contributed by atoms with Crippen LogP contribution in [0.1, 0.15) is 19.5 Å². The molecule has 3 heterocycles. The van der Waals surface area contributed by atoms with Crippen LogP contribution < -0.4 is 10.1 Å². The predicted octanol–water partition coefficient (Wildman–Crippen LogP) is 2.57. The van der Waals surface area contributed by atoms with E-state index in [1.165, 1.54) is 0 Å². The molecule has 0 aromatic carbocycles. The molecular formula is C16H19N5O. The van der Waals surface area contributed by atoms with E-state index in [9.17, 15) is 0 Å². The molecular weight excluding hydrogens is 278 g/mol. The molecule has 0 aliphatic heterocycles. The molecule has 1 atom stereocenters. The van der Waals surface area contributed by atoms with Crippen LogP contribution in [0, 0.1) is 0 Å². The Morgan fingerprint density at radius 1 is 1.32 bits per heavy atom. The fraction of sp³-hybridized carbons (Fsp3) is 0.312. The van der Waals surface area contributed by atoms with Gasteiger partial charge in [0.1, 0.15) is 17.7 Å². The van der Waals surface area contributed by atoms with E-state index < -0.39 is 0 Å². The van der Waals surface area contributed by atoms with Crippen molar-refractivity contribution in [3.8, 4) is 5.75 Å². The topological polar surface area (TPSA) is 64.3 Å². The van der Waals surface area contributed by atoms with Gasteiger partial charge < -0.3 is 10.1 Å². The highest BCUT2D eigenvalue weighted by Gasteiger charge is 2.08. The number of pyridine rings is 1. The Hall–Kier alpha value is -2.63. The van der Waals surface area contributed by atoms with E-state index in [2.05, 4.69) is 27.3 Å². The van der Waals surface area contributed by atoms with Gasteiger partial charge in [0.25, 0.3) is 0 Å². The molecule has 3 aromatic heterocycles. The first-order valence-electron chi connectivity index (χ1n) is 7.40. The standard InChI is InChI=1S/C16H19N5O/c1-3-13-9-16(21-15(20-13)6-8-19-21)18-10-12(2)22-14-5-4-7-17-11-14/h4-9,11-12,18H,3,10H2,1-2H3/t12-/m0/s1. The fourth-order valence-electron chi connectivity index (χ4n) is 2.21. The molecule has 3 aromatic rings. The highest BCUT2D eigenvalue weighted by atomic mass is 16.5. The van der Waals surface area contributed by atoms with Crippen molar-refractivity contribution in [3.05, 3.63) is 48.5 Å². The Balaban J connectivity index is 1.69. The molecule has 22 heavy (non-hydrogen) atoms. The second-order valence-corrected chi connectivity index (χ2v) is 5.09. The van der Waals surface area contributed by atoms with Gasteiger partial charge in [0.15, 0.2) is 5.65 Å². The molecule has 0 unspecified atom stereocenters. The summed E-state index contributed by atoms with van der Waals surface area (Å²) in [6.07, 6.45) is 6.09. The number of anilines is 1. The first kappa shape index (κ1) is 14.3. The van der Waals surface area contributed by atoms with Crippen molar-refractivity contribution in [2.24, 2.45) is 0 Å². The van der Waals surface area contributed by atoms with Crippen molar-refractivity contribution in [2.75, 3.05) is 11.9 Å². The molecule has 0 aliphatic carbocycles. The summed E-state index contributed by atoms with van der Waals surface area (Å²) in [5.74, 6) is 1.69. The number of aryl methyl sites for hydroxylation is 1. The molecule has 0 saturated heterocycles. The largest absolute Gasteiger partial charge is 0.487 e. The molecule has 1 N–H and O–H groups in total. The van der Waals surface area contributed by atoms with Gasteiger partial charge >= 0.3 is 0 Å². The summed E-state index contributed by atoms with van der Waals surface area (Å²) >= 11 is 0. The zero-order chi connectivity index (χ0) is 15.4. The number of fused-ring (bicyclic) bond motifs is 1. The quantitative estimate of drug-likeness (QED) is 0.757. The summed E-state index contributed by atoms with van der Waals surface area (Å²) in [4.78, 5) is 8.58. The van der Waals surface area contributed by atoms with Crippen LogP contribution in [0.5, 0.6) is 5.75 Å². The van der Waals surface area contributed by atoms with Crippen LogP contribution in [-0.4, -0.2) is 32.2 Å². The van der Waals surface area contributed by atoms with Crippen molar-refractivity contribution in [2.45, 2.75) is 26.4 Å². The maximum absolute atomic E-state index is 5.82. The molecule has 0 spiro atoms. The van der Waals surface area contributed by atoms with Crippen LogP contribution >= 0.6 is 0 Å². The average molecular weight is 297 g/mol. The van der Waals surface area contributed by atoms with Crippen molar-refractivity contribution >= 4 is 11.5 Å². The van der Waals surface area contributed by atoms with Gasteiger partial charge in [-0.15, -0.1) is 0 Å². The van der Waals surface area contributed by atoms with Crippen LogP contribution in [-0.2, 0) is 6.42 Å². The summed E-state index contributed by atoms with van der Waals surface area (Å²) in [6, 6.07) is 7.69. The molecule has 0 radical (unpaired) electrons. The minimum atomic E-state index is 0.00746. The fourth-order valence-corrected chi connectivity index (χ4v) is 2.21. The van der Waals surface area contributed by atoms with E-state index in [1.807, 2.05) is 31.2 Å². The third kappa shape index (κ3) is 3.16. The van der Waals surface area contributed by atoms with E-state index in [0.29, 0.717) is 6.54 Å². The second-order valence-electron chi connectivity index (χ2n) is 5.09. The summed E-state index contributed by atoms with van der Waals surface area (Å²) in [6.45, 7) is 4.77. The van der Waals surface area contributed by atoms with Gasteiger partial charge in [-0.2, -0.15) is 9.61 Å². The Bertz CT molecular complexity index is 741. The summed E-state index contributed by atoms with van der Waals surface area (Å²) in [5.41, 5.74) is 1.89. The summed E-state index contributed by atoms with van der Waals surface area (Å²) < 4.78 is 7.62. The van der Waals surface area contributed by atoms with E-state index in [0.717, 1.165) is 29.3 Å². The molecule has 6 heteroatoms. The lowest BCUT2D eigenvalue weighted by Gasteiger charge is -2.16. The number of aromatic nitrogens is 4. The molecule has 114 valence electrons. The van der Waals surface area contributed by atoms with Gasteiger partial charge in [-0.3, -0.25) is 4.98 Å². The highest BCUT2D eigenvalue weighted by Crippen LogP contribution is 2.14. The Morgan fingerprint density at radius 3 is 3.00 bits per heavy atom. The number of nitrogens with zero attached hydrogens (tertiary/aromatic N) is 4. The Kier molecular flexibility index (Phi) is 4.18. The van der Waals surface area contributed by atoms with Crippen LogP contribution in [0.15, 0.2) is 42.9 Å². The molecule has 0 amide bonds. The number of rotatable bonds is 6. The second kappa shape index (κ2) is 6.43. The van der Waals surface area contributed by atoms with Gasteiger partial charge in [-0.1, -0.05) is 6.92 Å². The van der Waals surface area contributed by atoms with Crippen LogP contribution in [0.2, 0.25) is 0 Å². The normalized spacial score (nSPS) is 12.3. The lowest BCUT2D eigenvalue weighted by atomic mass is 10.3. The highest BCUT2D eigenvalue weighted by molar-refractivity contribution is 5.49. The summed E-state index contributed by atoms with van der Waals surface area (Å²) in [5, 5.41) is 7.68. The van der Waals surface area contributed by atoms with E-state index in [4.69, 9.17) is 4.74 Å². The molecule has 0 aliphatic rings. The first-order chi connectivity index (χ1) is 10.8. The molecule has 0 fully saturated rings. The monoisotopic (exact) mass is 297 g/mol. The molecule has 0 bridgehead atoms. The maximum atomic E-state index is 5.82.